The minimum Gasteiger partial charge on any atom is -0.352 e. The molecule has 18 heavy (non-hydrogen) atoms. The number of hydrogen-bond donors (Lipinski definition) is 3. The van der Waals surface area contributed by atoms with Crippen LogP contribution in [0.4, 0.5) is 4.79 Å². The van der Waals surface area contributed by atoms with E-state index >= 15 is 0 Å². The molecule has 8 heteroatoms. The summed E-state index contributed by atoms with van der Waals surface area (Å²) in [5.74, 6) is 0.335. The summed E-state index contributed by atoms with van der Waals surface area (Å²) >= 11 is 0. The molecule has 0 spiro atoms. The molecule has 1 heterocycles. The maximum atomic E-state index is 11.4. The fourth-order valence-electron chi connectivity index (χ4n) is 2.07. The third-order valence-corrected chi connectivity index (χ3v) is 4.25. The van der Waals surface area contributed by atoms with Crippen LogP contribution in [0.25, 0.3) is 0 Å². The molecule has 1 atom stereocenters. The van der Waals surface area contributed by atoms with Gasteiger partial charge in [-0.15, -0.1) is 0 Å². The second-order valence-electron chi connectivity index (χ2n) is 4.62. The smallest absolute Gasteiger partial charge is 0.312 e. The highest BCUT2D eigenvalue weighted by Gasteiger charge is 2.25. The van der Waals surface area contributed by atoms with Crippen molar-refractivity contribution in [3.05, 3.63) is 0 Å². The fourth-order valence-corrected chi connectivity index (χ4v) is 3.02. The molecule has 4 N–H and O–H groups in total. The van der Waals surface area contributed by atoms with E-state index in [9.17, 15) is 13.2 Å². The Balaban J connectivity index is 2.21. The van der Waals surface area contributed by atoms with Crippen LogP contribution in [0.5, 0.6) is 0 Å². The summed E-state index contributed by atoms with van der Waals surface area (Å²) in [4.78, 5) is 10.4. The predicted molar refractivity (Wildman–Crippen MR) is 69.6 cm³/mol. The number of carbonyl (C=O) groups is 1. The minimum absolute atomic E-state index is 0.335. The van der Waals surface area contributed by atoms with Crippen LogP contribution < -0.4 is 16.4 Å². The molecule has 2 amide bonds. The third kappa shape index (κ3) is 5.65. The first kappa shape index (κ1) is 15.2. The minimum atomic E-state index is -3.07. The zero-order chi connectivity index (χ0) is 13.6. The average Bonchev–Trinajstić information content (AvgIpc) is 2.27. The van der Waals surface area contributed by atoms with Gasteiger partial charge in [0.05, 0.1) is 6.26 Å². The number of rotatable bonds is 6. The molecule has 7 nitrogen and oxygen atoms in total. The van der Waals surface area contributed by atoms with Gasteiger partial charge in [0.2, 0.25) is 10.0 Å². The molecular weight excluding hydrogens is 256 g/mol. The van der Waals surface area contributed by atoms with Gasteiger partial charge in [0, 0.05) is 26.2 Å². The number of nitrogens with one attached hydrogen (secondary N) is 2. The van der Waals surface area contributed by atoms with Crippen LogP contribution in [-0.2, 0) is 10.0 Å². The van der Waals surface area contributed by atoms with Gasteiger partial charge in [0.15, 0.2) is 0 Å². The molecule has 1 rings (SSSR count). The summed E-state index contributed by atoms with van der Waals surface area (Å²) in [5, 5.41) is 5.68. The van der Waals surface area contributed by atoms with Gasteiger partial charge < -0.3 is 16.4 Å². The first-order valence-electron chi connectivity index (χ1n) is 6.08. The molecule has 1 aliphatic rings. The lowest BCUT2D eigenvalue weighted by molar-refractivity contribution is 0.247. The summed E-state index contributed by atoms with van der Waals surface area (Å²) < 4.78 is 24.4. The monoisotopic (exact) mass is 278 g/mol. The molecule has 0 aromatic carbocycles. The molecule has 0 aromatic heterocycles. The molecule has 0 bridgehead atoms. The largest absolute Gasteiger partial charge is 0.352 e. The van der Waals surface area contributed by atoms with E-state index in [0.29, 0.717) is 32.1 Å². The molecule has 0 aliphatic carbocycles. The maximum Gasteiger partial charge on any atom is 0.312 e. The Morgan fingerprint density at radius 3 is 2.78 bits per heavy atom. The van der Waals surface area contributed by atoms with Gasteiger partial charge in [0.1, 0.15) is 0 Å². The molecule has 1 saturated heterocycles. The third-order valence-electron chi connectivity index (χ3n) is 2.98. The molecule has 106 valence electrons. The van der Waals surface area contributed by atoms with Gasteiger partial charge in [-0.25, -0.2) is 17.5 Å². The first-order valence-corrected chi connectivity index (χ1v) is 7.93. The van der Waals surface area contributed by atoms with E-state index in [1.165, 1.54) is 10.6 Å². The Morgan fingerprint density at radius 1 is 1.44 bits per heavy atom. The van der Waals surface area contributed by atoms with Gasteiger partial charge >= 0.3 is 6.03 Å². The summed E-state index contributed by atoms with van der Waals surface area (Å²) in [7, 11) is -3.07. The lowest BCUT2D eigenvalue weighted by Gasteiger charge is -2.31. The van der Waals surface area contributed by atoms with Crippen molar-refractivity contribution < 1.29 is 13.2 Å². The van der Waals surface area contributed by atoms with Crippen LogP contribution in [0.15, 0.2) is 0 Å². The van der Waals surface area contributed by atoms with Gasteiger partial charge in [-0.05, 0) is 25.3 Å². The standard InChI is InChI=1S/C10H22N4O3S/c1-18(16,17)14-6-2-3-9(8-14)7-12-4-5-13-10(11)15/h9,12H,2-8H2,1H3,(H3,11,13,15). The Bertz CT molecular complexity index is 371. The number of piperidine rings is 1. The quantitative estimate of drug-likeness (QED) is 0.537. The first-order chi connectivity index (χ1) is 8.39. The number of urea groups is 1. The van der Waals surface area contributed by atoms with Crippen molar-refractivity contribution >= 4 is 16.1 Å². The number of amides is 2. The highest BCUT2D eigenvalue weighted by Crippen LogP contribution is 2.17. The van der Waals surface area contributed by atoms with Crippen molar-refractivity contribution in [2.45, 2.75) is 12.8 Å². The molecule has 0 aromatic rings. The summed E-state index contributed by atoms with van der Waals surface area (Å²) in [5.41, 5.74) is 4.93. The van der Waals surface area contributed by atoms with Crippen molar-refractivity contribution in [3.8, 4) is 0 Å². The predicted octanol–water partition coefficient (Wildman–Crippen LogP) is -1.08. The average molecular weight is 278 g/mol. The molecule has 1 aliphatic heterocycles. The van der Waals surface area contributed by atoms with Gasteiger partial charge in [-0.3, -0.25) is 0 Å². The van der Waals surface area contributed by atoms with Crippen LogP contribution in [0.3, 0.4) is 0 Å². The normalized spacial score (nSPS) is 21.7. The van der Waals surface area contributed by atoms with Crippen LogP contribution in [0, 0.1) is 5.92 Å². The lowest BCUT2D eigenvalue weighted by atomic mass is 10.00. The Morgan fingerprint density at radius 2 is 2.17 bits per heavy atom. The zero-order valence-corrected chi connectivity index (χ0v) is 11.5. The number of carbonyl (C=O) groups excluding carboxylic acids is 1. The van der Waals surface area contributed by atoms with E-state index < -0.39 is 16.1 Å². The Labute approximate surface area is 108 Å². The zero-order valence-electron chi connectivity index (χ0n) is 10.7. The van der Waals surface area contributed by atoms with Gasteiger partial charge in [-0.1, -0.05) is 0 Å². The Kier molecular flexibility index (Phi) is 5.83. The number of hydrogen-bond acceptors (Lipinski definition) is 4. The summed E-state index contributed by atoms with van der Waals surface area (Å²) in [6.45, 7) is 3.08. The molecule has 1 unspecified atom stereocenters. The van der Waals surface area contributed by atoms with Crippen LogP contribution in [0.2, 0.25) is 0 Å². The number of sulfonamides is 1. The fraction of sp³-hybridized carbons (Fsp3) is 0.900. The molecular formula is C10H22N4O3S. The van der Waals surface area contributed by atoms with Crippen molar-refractivity contribution in [1.82, 2.24) is 14.9 Å². The number of nitrogens with zero attached hydrogens (tertiary/aromatic N) is 1. The summed E-state index contributed by atoms with van der Waals surface area (Å²) in [6, 6.07) is -0.530. The highest BCUT2D eigenvalue weighted by atomic mass is 32.2. The van der Waals surface area contributed by atoms with Crippen molar-refractivity contribution in [1.29, 1.82) is 0 Å². The van der Waals surface area contributed by atoms with E-state index in [4.69, 9.17) is 5.73 Å². The van der Waals surface area contributed by atoms with E-state index in [1.54, 1.807) is 0 Å². The summed E-state index contributed by atoms with van der Waals surface area (Å²) in [6.07, 6.45) is 3.18. The number of nitrogens with two attached hydrogens (primary N) is 1. The number of primary amides is 1. The van der Waals surface area contributed by atoms with E-state index in [1.807, 2.05) is 0 Å². The van der Waals surface area contributed by atoms with Gasteiger partial charge in [-0.2, -0.15) is 0 Å². The van der Waals surface area contributed by atoms with Crippen LogP contribution in [0.1, 0.15) is 12.8 Å². The molecule has 0 radical (unpaired) electrons. The van der Waals surface area contributed by atoms with Gasteiger partial charge in [0.25, 0.3) is 0 Å². The molecule has 1 fully saturated rings. The SMILES string of the molecule is CS(=O)(=O)N1CCCC(CNCCNC(N)=O)C1. The van der Waals surface area contributed by atoms with E-state index in [0.717, 1.165) is 19.4 Å². The molecule has 0 saturated carbocycles. The lowest BCUT2D eigenvalue weighted by Crippen LogP contribution is -2.43. The van der Waals surface area contributed by atoms with E-state index in [2.05, 4.69) is 10.6 Å². The van der Waals surface area contributed by atoms with Crippen molar-refractivity contribution in [2.75, 3.05) is 39.0 Å². The Hall–Kier alpha value is -0.860. The van der Waals surface area contributed by atoms with Crippen molar-refractivity contribution in [2.24, 2.45) is 11.7 Å². The van der Waals surface area contributed by atoms with Crippen LogP contribution in [-0.4, -0.2) is 57.7 Å². The van der Waals surface area contributed by atoms with E-state index in [-0.39, 0.29) is 0 Å². The van der Waals surface area contributed by atoms with Crippen molar-refractivity contribution in [3.63, 3.8) is 0 Å². The van der Waals surface area contributed by atoms with Crippen LogP contribution >= 0.6 is 0 Å². The highest BCUT2D eigenvalue weighted by molar-refractivity contribution is 7.88. The second kappa shape index (κ2) is 6.91. The second-order valence-corrected chi connectivity index (χ2v) is 6.61. The topological polar surface area (TPSA) is 105 Å². The maximum absolute atomic E-state index is 11.4.